The van der Waals surface area contributed by atoms with Gasteiger partial charge in [-0.05, 0) is 26.0 Å². The predicted octanol–water partition coefficient (Wildman–Crippen LogP) is 2.74. The van der Waals surface area contributed by atoms with E-state index in [1.807, 2.05) is 24.8 Å². The average molecular weight is 437 g/mol. The monoisotopic (exact) mass is 436 g/mol. The van der Waals surface area contributed by atoms with Crippen LogP contribution in [0.4, 0.5) is 5.13 Å². The highest BCUT2D eigenvalue weighted by molar-refractivity contribution is 7.91. The zero-order chi connectivity index (χ0) is 20.1. The number of rotatable bonds is 3. The van der Waals surface area contributed by atoms with Crippen molar-refractivity contribution in [2.24, 2.45) is 0 Å². The molecule has 0 radical (unpaired) electrons. The fourth-order valence-electron chi connectivity index (χ4n) is 3.32. The maximum atomic E-state index is 12.8. The Morgan fingerprint density at radius 1 is 1.07 bits per heavy atom. The van der Waals surface area contributed by atoms with E-state index in [9.17, 15) is 13.2 Å². The van der Waals surface area contributed by atoms with Gasteiger partial charge in [0.2, 0.25) is 0 Å². The number of hydrogen-bond acceptors (Lipinski definition) is 8. The molecule has 3 heterocycles. The molecule has 148 valence electrons. The van der Waals surface area contributed by atoms with E-state index in [0.29, 0.717) is 36.6 Å². The summed E-state index contributed by atoms with van der Waals surface area (Å²) in [5.74, 6) is 0.0337. The molecule has 1 aliphatic heterocycles. The third-order valence-corrected chi connectivity index (χ3v) is 7.98. The van der Waals surface area contributed by atoms with Crippen LogP contribution in [0.15, 0.2) is 23.1 Å². The molecule has 0 spiro atoms. The number of carbonyl (C=O) groups is 1. The van der Waals surface area contributed by atoms with E-state index in [4.69, 9.17) is 0 Å². The molecule has 0 bridgehead atoms. The standard InChI is InChI=1S/C18H20N4O3S3/c1-11-16(26-12(2)19-11)17(23)21-7-9-22(10-8-21)18-20-15-13(27-18)5-4-6-14(15)28(3,24)25/h4-6H,7-10H2,1-3H3. The minimum absolute atomic E-state index is 0.0337. The molecule has 3 aromatic rings. The minimum atomic E-state index is -3.33. The Morgan fingerprint density at radius 2 is 1.79 bits per heavy atom. The normalized spacial score (nSPS) is 15.4. The summed E-state index contributed by atoms with van der Waals surface area (Å²) in [5.41, 5.74) is 1.31. The van der Waals surface area contributed by atoms with Crippen molar-refractivity contribution in [2.45, 2.75) is 18.7 Å². The summed E-state index contributed by atoms with van der Waals surface area (Å²) >= 11 is 2.92. The molecule has 4 rings (SSSR count). The van der Waals surface area contributed by atoms with Gasteiger partial charge in [-0.2, -0.15) is 0 Å². The van der Waals surface area contributed by atoms with Crippen LogP contribution in [0.3, 0.4) is 0 Å². The number of sulfone groups is 1. The van der Waals surface area contributed by atoms with Gasteiger partial charge in [-0.15, -0.1) is 11.3 Å². The number of amides is 1. The Bertz CT molecular complexity index is 1160. The SMILES string of the molecule is Cc1nc(C)c(C(=O)N2CCN(c3nc4c(S(C)(=O)=O)cccc4s3)CC2)s1. The van der Waals surface area contributed by atoms with Gasteiger partial charge in [-0.1, -0.05) is 17.4 Å². The average Bonchev–Trinajstić information content (AvgIpc) is 3.22. The van der Waals surface area contributed by atoms with Gasteiger partial charge >= 0.3 is 0 Å². The molecule has 0 aliphatic carbocycles. The number of nitrogens with zero attached hydrogens (tertiary/aromatic N) is 4. The van der Waals surface area contributed by atoms with Crippen molar-refractivity contribution in [3.05, 3.63) is 33.8 Å². The molecule has 28 heavy (non-hydrogen) atoms. The smallest absolute Gasteiger partial charge is 0.265 e. The van der Waals surface area contributed by atoms with Crippen molar-refractivity contribution in [2.75, 3.05) is 37.3 Å². The largest absolute Gasteiger partial charge is 0.345 e. The number of aryl methyl sites for hydroxylation is 2. The highest BCUT2D eigenvalue weighted by atomic mass is 32.2. The van der Waals surface area contributed by atoms with Gasteiger partial charge < -0.3 is 9.80 Å². The Morgan fingerprint density at radius 3 is 2.39 bits per heavy atom. The number of aromatic nitrogens is 2. The second kappa shape index (κ2) is 7.09. The quantitative estimate of drug-likeness (QED) is 0.628. The summed E-state index contributed by atoms with van der Waals surface area (Å²) in [6.45, 7) is 6.30. The van der Waals surface area contributed by atoms with Crippen molar-refractivity contribution in [1.82, 2.24) is 14.9 Å². The van der Waals surface area contributed by atoms with E-state index in [1.54, 1.807) is 12.1 Å². The second-order valence-electron chi connectivity index (χ2n) is 6.80. The maximum Gasteiger partial charge on any atom is 0.265 e. The number of carbonyl (C=O) groups excluding carboxylic acids is 1. The molecule has 1 saturated heterocycles. The topological polar surface area (TPSA) is 83.5 Å². The summed E-state index contributed by atoms with van der Waals surface area (Å²) in [6.07, 6.45) is 1.20. The molecule has 1 aliphatic rings. The van der Waals surface area contributed by atoms with Crippen LogP contribution in [-0.4, -0.2) is 61.6 Å². The van der Waals surface area contributed by atoms with Gasteiger partial charge in [0.05, 0.1) is 20.3 Å². The van der Waals surface area contributed by atoms with Crippen molar-refractivity contribution in [3.63, 3.8) is 0 Å². The third-order valence-electron chi connectivity index (χ3n) is 4.71. The van der Waals surface area contributed by atoms with E-state index in [2.05, 4.69) is 14.9 Å². The number of fused-ring (bicyclic) bond motifs is 1. The van der Waals surface area contributed by atoms with Crippen LogP contribution in [0.1, 0.15) is 20.4 Å². The Hall–Kier alpha value is -2.04. The first-order valence-electron chi connectivity index (χ1n) is 8.82. The molecule has 1 fully saturated rings. The number of anilines is 1. The first kappa shape index (κ1) is 19.3. The van der Waals surface area contributed by atoms with Gasteiger partial charge in [-0.25, -0.2) is 18.4 Å². The molecule has 1 aromatic carbocycles. The van der Waals surface area contributed by atoms with E-state index in [1.165, 1.54) is 28.9 Å². The van der Waals surface area contributed by atoms with E-state index in [-0.39, 0.29) is 10.8 Å². The van der Waals surface area contributed by atoms with Crippen molar-refractivity contribution in [3.8, 4) is 0 Å². The minimum Gasteiger partial charge on any atom is -0.345 e. The molecule has 1 amide bonds. The molecule has 0 N–H and O–H groups in total. The van der Waals surface area contributed by atoms with Crippen LogP contribution in [0.25, 0.3) is 10.2 Å². The van der Waals surface area contributed by atoms with Crippen LogP contribution in [0.2, 0.25) is 0 Å². The number of thiazole rings is 2. The van der Waals surface area contributed by atoms with Crippen LogP contribution in [0.5, 0.6) is 0 Å². The zero-order valence-electron chi connectivity index (χ0n) is 15.8. The number of benzene rings is 1. The summed E-state index contributed by atoms with van der Waals surface area (Å²) in [5, 5.41) is 1.69. The third kappa shape index (κ3) is 3.51. The maximum absolute atomic E-state index is 12.8. The van der Waals surface area contributed by atoms with Crippen LogP contribution >= 0.6 is 22.7 Å². The lowest BCUT2D eigenvalue weighted by atomic mass is 10.3. The molecule has 0 unspecified atom stereocenters. The van der Waals surface area contributed by atoms with Crippen molar-refractivity contribution in [1.29, 1.82) is 0 Å². The Kier molecular flexibility index (Phi) is 4.88. The van der Waals surface area contributed by atoms with Gasteiger partial charge in [0, 0.05) is 32.4 Å². The highest BCUT2D eigenvalue weighted by Gasteiger charge is 2.27. The molecule has 0 saturated carbocycles. The first-order valence-corrected chi connectivity index (χ1v) is 12.3. The van der Waals surface area contributed by atoms with E-state index in [0.717, 1.165) is 20.5 Å². The Labute approximate surface area is 171 Å². The zero-order valence-corrected chi connectivity index (χ0v) is 18.2. The predicted molar refractivity (Wildman–Crippen MR) is 112 cm³/mol. The lowest BCUT2D eigenvalue weighted by Crippen LogP contribution is -2.48. The molecule has 0 atom stereocenters. The second-order valence-corrected chi connectivity index (χ2v) is 11.0. The first-order chi connectivity index (χ1) is 13.2. The van der Waals surface area contributed by atoms with Crippen LogP contribution in [0, 0.1) is 13.8 Å². The molecule has 7 nitrogen and oxygen atoms in total. The van der Waals surface area contributed by atoms with E-state index >= 15 is 0 Å². The number of piperazine rings is 1. The van der Waals surface area contributed by atoms with Crippen molar-refractivity contribution >= 4 is 53.8 Å². The Balaban J connectivity index is 1.53. The lowest BCUT2D eigenvalue weighted by Gasteiger charge is -2.34. The summed E-state index contributed by atoms with van der Waals surface area (Å²) in [7, 11) is -3.33. The fourth-order valence-corrected chi connectivity index (χ4v) is 6.15. The highest BCUT2D eigenvalue weighted by Crippen LogP contribution is 2.33. The molecular weight excluding hydrogens is 416 g/mol. The van der Waals surface area contributed by atoms with Crippen LogP contribution in [-0.2, 0) is 9.84 Å². The summed E-state index contributed by atoms with van der Waals surface area (Å²) < 4.78 is 24.9. The van der Waals surface area contributed by atoms with E-state index < -0.39 is 9.84 Å². The number of para-hydroxylation sites is 1. The fraction of sp³-hybridized carbons (Fsp3) is 0.389. The molecule has 10 heteroatoms. The van der Waals surface area contributed by atoms with Gasteiger partial charge in [0.15, 0.2) is 15.0 Å². The van der Waals surface area contributed by atoms with Gasteiger partial charge in [0.25, 0.3) is 5.91 Å². The lowest BCUT2D eigenvalue weighted by molar-refractivity contribution is 0.0750. The molecular formula is C18H20N4O3S3. The molecule has 2 aromatic heterocycles. The summed E-state index contributed by atoms with van der Waals surface area (Å²) in [6, 6.07) is 5.23. The van der Waals surface area contributed by atoms with Gasteiger partial charge in [-0.3, -0.25) is 4.79 Å². The van der Waals surface area contributed by atoms with Crippen LogP contribution < -0.4 is 4.90 Å². The van der Waals surface area contributed by atoms with Crippen molar-refractivity contribution < 1.29 is 13.2 Å². The summed E-state index contributed by atoms with van der Waals surface area (Å²) in [4.78, 5) is 26.7. The number of hydrogen-bond donors (Lipinski definition) is 0. The van der Waals surface area contributed by atoms with Gasteiger partial charge in [0.1, 0.15) is 10.4 Å².